The van der Waals surface area contributed by atoms with E-state index < -0.39 is 0 Å². The second-order valence-electron chi connectivity index (χ2n) is 2.42. The molecule has 2 heteroatoms. The summed E-state index contributed by atoms with van der Waals surface area (Å²) in [6.45, 7) is 3.40. The lowest BCUT2D eigenvalue weighted by atomic mass is 10.2. The molecule has 0 saturated carbocycles. The molecule has 0 spiro atoms. The molecule has 0 aliphatic rings. The average molecular weight is 184 g/mol. The van der Waals surface area contributed by atoms with Crippen LogP contribution in [0.3, 0.4) is 0 Å². The summed E-state index contributed by atoms with van der Waals surface area (Å²) in [6, 6.07) is 7.70. The molecule has 0 aromatic heterocycles. The smallest absolute Gasteiger partial charge is 0.0541 e. The first-order chi connectivity index (χ1) is 5.83. The van der Waals surface area contributed by atoms with Gasteiger partial charge in [0, 0.05) is 18.1 Å². The number of rotatable bonds is 4. The molecule has 0 atom stereocenters. The van der Waals surface area contributed by atoms with Crippen LogP contribution in [0.5, 0.6) is 0 Å². The molecule has 0 saturated heterocycles. The third kappa shape index (κ3) is 3.24. The standard InChI is InChI=1S/C10H12ClO/c1-2-12-8-7-9-3-5-10(11)6-4-9/h3-7H,2,8H2,1H3. The Morgan fingerprint density at radius 1 is 1.33 bits per heavy atom. The zero-order chi connectivity index (χ0) is 8.81. The highest BCUT2D eigenvalue weighted by molar-refractivity contribution is 6.30. The third-order valence-electron chi connectivity index (χ3n) is 1.51. The van der Waals surface area contributed by atoms with Crippen LogP contribution in [0.15, 0.2) is 24.3 Å². The summed E-state index contributed by atoms with van der Waals surface area (Å²) in [5, 5.41) is 0.767. The summed E-state index contributed by atoms with van der Waals surface area (Å²) in [4.78, 5) is 0. The van der Waals surface area contributed by atoms with Crippen LogP contribution in [0, 0.1) is 6.42 Å². The van der Waals surface area contributed by atoms with Crippen LogP contribution < -0.4 is 0 Å². The molecule has 1 aromatic rings. The molecule has 0 unspecified atom stereocenters. The number of hydrogen-bond acceptors (Lipinski definition) is 1. The first-order valence-corrected chi connectivity index (χ1v) is 4.37. The Labute approximate surface area is 78.3 Å². The molecular formula is C10H12ClO. The van der Waals surface area contributed by atoms with Crippen LogP contribution in [-0.4, -0.2) is 13.2 Å². The van der Waals surface area contributed by atoms with Crippen molar-refractivity contribution in [1.82, 2.24) is 0 Å². The highest BCUT2D eigenvalue weighted by atomic mass is 35.5. The first-order valence-electron chi connectivity index (χ1n) is 3.99. The summed E-state index contributed by atoms with van der Waals surface area (Å²) < 4.78 is 5.18. The van der Waals surface area contributed by atoms with Crippen molar-refractivity contribution in [1.29, 1.82) is 0 Å². The normalized spacial score (nSPS) is 10.2. The third-order valence-corrected chi connectivity index (χ3v) is 1.76. The fourth-order valence-electron chi connectivity index (χ4n) is 0.872. The van der Waals surface area contributed by atoms with Gasteiger partial charge in [0.05, 0.1) is 6.61 Å². The molecule has 1 aromatic carbocycles. The molecular weight excluding hydrogens is 172 g/mol. The van der Waals surface area contributed by atoms with E-state index >= 15 is 0 Å². The lowest BCUT2D eigenvalue weighted by molar-refractivity contribution is 0.170. The van der Waals surface area contributed by atoms with E-state index in [2.05, 4.69) is 0 Å². The summed E-state index contributed by atoms with van der Waals surface area (Å²) in [5.74, 6) is 0. The van der Waals surface area contributed by atoms with Gasteiger partial charge in [-0.05, 0) is 24.6 Å². The Morgan fingerprint density at radius 2 is 2.00 bits per heavy atom. The highest BCUT2D eigenvalue weighted by Gasteiger charge is 1.92. The molecule has 0 fully saturated rings. The monoisotopic (exact) mass is 183 g/mol. The maximum atomic E-state index is 5.73. The van der Waals surface area contributed by atoms with Gasteiger partial charge in [0.2, 0.25) is 0 Å². The Hall–Kier alpha value is -0.530. The van der Waals surface area contributed by atoms with Gasteiger partial charge >= 0.3 is 0 Å². The van der Waals surface area contributed by atoms with Crippen LogP contribution in [0.1, 0.15) is 12.5 Å². The maximum absolute atomic E-state index is 5.73. The number of halogens is 1. The second kappa shape index (κ2) is 5.18. The van der Waals surface area contributed by atoms with E-state index in [1.807, 2.05) is 37.6 Å². The molecule has 0 aliphatic heterocycles. The van der Waals surface area contributed by atoms with Crippen molar-refractivity contribution in [3.8, 4) is 0 Å². The number of hydrogen-bond donors (Lipinski definition) is 0. The summed E-state index contributed by atoms with van der Waals surface area (Å²) in [7, 11) is 0. The van der Waals surface area contributed by atoms with Gasteiger partial charge < -0.3 is 4.74 Å². The van der Waals surface area contributed by atoms with Crippen molar-refractivity contribution in [2.45, 2.75) is 6.92 Å². The topological polar surface area (TPSA) is 9.23 Å². The fourth-order valence-corrected chi connectivity index (χ4v) is 0.998. The van der Waals surface area contributed by atoms with Gasteiger partial charge in [0.15, 0.2) is 0 Å². The van der Waals surface area contributed by atoms with Crippen molar-refractivity contribution < 1.29 is 4.74 Å². The first kappa shape index (κ1) is 9.56. The zero-order valence-electron chi connectivity index (χ0n) is 7.09. The van der Waals surface area contributed by atoms with Gasteiger partial charge in [-0.25, -0.2) is 0 Å². The molecule has 1 radical (unpaired) electrons. The lowest BCUT2D eigenvalue weighted by Gasteiger charge is -2.00. The van der Waals surface area contributed by atoms with E-state index in [0.29, 0.717) is 6.61 Å². The van der Waals surface area contributed by atoms with E-state index in [4.69, 9.17) is 16.3 Å². The molecule has 0 N–H and O–H groups in total. The van der Waals surface area contributed by atoms with Crippen LogP contribution in [0.25, 0.3) is 0 Å². The maximum Gasteiger partial charge on any atom is 0.0541 e. The highest BCUT2D eigenvalue weighted by Crippen LogP contribution is 2.10. The van der Waals surface area contributed by atoms with Crippen molar-refractivity contribution in [2.24, 2.45) is 0 Å². The minimum atomic E-state index is 0.665. The molecule has 1 nitrogen and oxygen atoms in total. The van der Waals surface area contributed by atoms with Crippen LogP contribution in [0.4, 0.5) is 0 Å². The summed E-state index contributed by atoms with van der Waals surface area (Å²) >= 11 is 5.73. The minimum Gasteiger partial charge on any atom is -0.381 e. The molecule has 12 heavy (non-hydrogen) atoms. The predicted octanol–water partition coefficient (Wildman–Crippen LogP) is 2.93. The fraction of sp³-hybridized carbons (Fsp3) is 0.300. The van der Waals surface area contributed by atoms with E-state index in [0.717, 1.165) is 17.2 Å². The number of ether oxygens (including phenoxy) is 1. The summed E-state index contributed by atoms with van der Waals surface area (Å²) in [5.41, 5.74) is 1.15. The van der Waals surface area contributed by atoms with E-state index in [9.17, 15) is 0 Å². The van der Waals surface area contributed by atoms with Gasteiger partial charge in [0.25, 0.3) is 0 Å². The van der Waals surface area contributed by atoms with E-state index in [-0.39, 0.29) is 0 Å². The van der Waals surface area contributed by atoms with Gasteiger partial charge in [-0.3, -0.25) is 0 Å². The second-order valence-corrected chi connectivity index (χ2v) is 2.85. The Balaban J connectivity index is 2.37. The van der Waals surface area contributed by atoms with Crippen molar-refractivity contribution in [3.05, 3.63) is 41.3 Å². The van der Waals surface area contributed by atoms with E-state index in [1.54, 1.807) is 0 Å². The van der Waals surface area contributed by atoms with Gasteiger partial charge in [-0.2, -0.15) is 0 Å². The van der Waals surface area contributed by atoms with Gasteiger partial charge in [-0.15, -0.1) is 0 Å². The molecule has 0 amide bonds. The van der Waals surface area contributed by atoms with Crippen LogP contribution >= 0.6 is 11.6 Å². The average Bonchev–Trinajstić information content (AvgIpc) is 2.09. The molecule has 0 heterocycles. The van der Waals surface area contributed by atoms with Gasteiger partial charge in [0.1, 0.15) is 0 Å². The van der Waals surface area contributed by atoms with Gasteiger partial charge in [-0.1, -0.05) is 23.7 Å². The van der Waals surface area contributed by atoms with Crippen molar-refractivity contribution >= 4 is 11.6 Å². The molecule has 0 bridgehead atoms. The van der Waals surface area contributed by atoms with Crippen LogP contribution in [-0.2, 0) is 4.74 Å². The van der Waals surface area contributed by atoms with Crippen molar-refractivity contribution in [3.63, 3.8) is 0 Å². The Kier molecular flexibility index (Phi) is 4.12. The van der Waals surface area contributed by atoms with Crippen LogP contribution in [0.2, 0.25) is 5.02 Å². The summed E-state index contributed by atoms with van der Waals surface area (Å²) in [6.07, 6.45) is 2.03. The largest absolute Gasteiger partial charge is 0.381 e. The van der Waals surface area contributed by atoms with E-state index in [1.165, 1.54) is 0 Å². The van der Waals surface area contributed by atoms with Crippen molar-refractivity contribution in [2.75, 3.05) is 13.2 Å². The zero-order valence-corrected chi connectivity index (χ0v) is 7.84. The Bertz CT molecular complexity index is 218. The quantitative estimate of drug-likeness (QED) is 0.653. The minimum absolute atomic E-state index is 0.665. The lowest BCUT2D eigenvalue weighted by Crippen LogP contribution is -1.94. The molecule has 0 aliphatic carbocycles. The number of benzene rings is 1. The SMILES string of the molecule is CCOC[CH]c1ccc(Cl)cc1. The molecule has 1 rings (SSSR count). The Morgan fingerprint density at radius 3 is 2.58 bits per heavy atom. The predicted molar refractivity (Wildman–Crippen MR) is 51.3 cm³/mol. The molecule has 65 valence electrons.